The first-order chi connectivity index (χ1) is 10.1. The number of nitrogens with one attached hydrogen (secondary N) is 1. The lowest BCUT2D eigenvalue weighted by Crippen LogP contribution is -2.41. The second-order valence-electron chi connectivity index (χ2n) is 4.24. The molecule has 21 heavy (non-hydrogen) atoms. The number of aliphatic hydroxyl groups excluding tert-OH is 1. The highest BCUT2D eigenvalue weighted by atomic mass is 16.5. The van der Waals surface area contributed by atoms with Crippen molar-refractivity contribution in [2.45, 2.75) is 18.9 Å². The largest absolute Gasteiger partial charge is 0.497 e. The van der Waals surface area contributed by atoms with Crippen molar-refractivity contribution in [1.82, 2.24) is 5.32 Å². The number of methoxy groups -OCH3 is 1. The standard InChI is InChI=1S/C14H19NO6/c1-20-10-2-4-11(5-3-10)21-9-7-13(17)15-12(6-8-16)14(18)19/h2-5,12,16H,6-9H2,1H3,(H,15,17)(H,18,19). The molecular formula is C14H19NO6. The predicted molar refractivity (Wildman–Crippen MR) is 74.4 cm³/mol. The summed E-state index contributed by atoms with van der Waals surface area (Å²) in [5.74, 6) is -0.319. The smallest absolute Gasteiger partial charge is 0.326 e. The van der Waals surface area contributed by atoms with Crippen LogP contribution < -0.4 is 14.8 Å². The molecule has 0 saturated heterocycles. The summed E-state index contributed by atoms with van der Waals surface area (Å²) in [7, 11) is 1.56. The molecule has 0 aliphatic heterocycles. The van der Waals surface area contributed by atoms with Gasteiger partial charge in [-0.1, -0.05) is 0 Å². The minimum Gasteiger partial charge on any atom is -0.497 e. The Morgan fingerprint density at radius 1 is 1.24 bits per heavy atom. The zero-order valence-electron chi connectivity index (χ0n) is 11.7. The minimum absolute atomic E-state index is 0.0274. The normalized spacial score (nSPS) is 11.5. The van der Waals surface area contributed by atoms with E-state index in [0.29, 0.717) is 11.5 Å². The Morgan fingerprint density at radius 2 is 1.86 bits per heavy atom. The fraction of sp³-hybridized carbons (Fsp3) is 0.429. The summed E-state index contributed by atoms with van der Waals surface area (Å²) in [6.45, 7) is -0.177. The number of carbonyl (C=O) groups excluding carboxylic acids is 1. The number of aliphatic hydroxyl groups is 1. The van der Waals surface area contributed by atoms with E-state index in [1.165, 1.54) is 0 Å². The summed E-state index contributed by atoms with van der Waals surface area (Å²) >= 11 is 0. The third-order valence-corrected chi connectivity index (χ3v) is 2.71. The van der Waals surface area contributed by atoms with Gasteiger partial charge in [-0.15, -0.1) is 0 Å². The van der Waals surface area contributed by atoms with E-state index in [1.54, 1.807) is 31.4 Å². The molecule has 0 aliphatic rings. The number of hydrogen-bond donors (Lipinski definition) is 3. The van der Waals surface area contributed by atoms with E-state index >= 15 is 0 Å². The molecule has 0 bridgehead atoms. The molecule has 3 N–H and O–H groups in total. The van der Waals surface area contributed by atoms with Crippen molar-refractivity contribution in [2.24, 2.45) is 0 Å². The van der Waals surface area contributed by atoms with Crippen LogP contribution in [0.4, 0.5) is 0 Å². The van der Waals surface area contributed by atoms with Crippen LogP contribution in [0.25, 0.3) is 0 Å². The summed E-state index contributed by atoms with van der Waals surface area (Å²) in [5.41, 5.74) is 0. The Balaban J connectivity index is 2.33. The van der Waals surface area contributed by atoms with Gasteiger partial charge in [-0.05, 0) is 24.3 Å². The number of benzene rings is 1. The summed E-state index contributed by atoms with van der Waals surface area (Å²) in [6.07, 6.45) is 0.00164. The Hall–Kier alpha value is -2.28. The molecule has 0 saturated carbocycles. The molecule has 0 fully saturated rings. The molecular weight excluding hydrogens is 278 g/mol. The van der Waals surface area contributed by atoms with Crippen molar-refractivity contribution in [2.75, 3.05) is 20.3 Å². The summed E-state index contributed by atoms with van der Waals surface area (Å²) < 4.78 is 10.4. The van der Waals surface area contributed by atoms with Crippen molar-refractivity contribution in [3.8, 4) is 11.5 Å². The summed E-state index contributed by atoms with van der Waals surface area (Å²) in [4.78, 5) is 22.4. The van der Waals surface area contributed by atoms with Gasteiger partial charge >= 0.3 is 5.97 Å². The first-order valence-electron chi connectivity index (χ1n) is 6.46. The van der Waals surface area contributed by atoms with E-state index in [1.807, 2.05) is 0 Å². The number of aliphatic carboxylic acids is 1. The van der Waals surface area contributed by atoms with Gasteiger partial charge in [0, 0.05) is 13.0 Å². The molecule has 1 amide bonds. The quantitative estimate of drug-likeness (QED) is 0.610. The average Bonchev–Trinajstić information content (AvgIpc) is 2.47. The zero-order chi connectivity index (χ0) is 15.7. The van der Waals surface area contributed by atoms with Gasteiger partial charge in [0.2, 0.25) is 5.91 Å². The molecule has 0 aromatic heterocycles. The van der Waals surface area contributed by atoms with Crippen molar-refractivity contribution in [3.63, 3.8) is 0 Å². The molecule has 116 valence electrons. The first kappa shape index (κ1) is 16.8. The Bertz CT molecular complexity index is 459. The molecule has 7 nitrogen and oxygen atoms in total. The van der Waals surface area contributed by atoms with Crippen LogP contribution in [0, 0.1) is 0 Å². The van der Waals surface area contributed by atoms with Crippen molar-refractivity contribution in [1.29, 1.82) is 0 Å². The topological polar surface area (TPSA) is 105 Å². The van der Waals surface area contributed by atoms with Crippen LogP contribution in [-0.2, 0) is 9.59 Å². The molecule has 1 aromatic rings. The van der Waals surface area contributed by atoms with Crippen molar-refractivity contribution < 1.29 is 29.3 Å². The maximum Gasteiger partial charge on any atom is 0.326 e. The molecule has 0 radical (unpaired) electrons. The van der Waals surface area contributed by atoms with Gasteiger partial charge in [-0.3, -0.25) is 4.79 Å². The molecule has 1 unspecified atom stereocenters. The first-order valence-corrected chi connectivity index (χ1v) is 6.46. The summed E-state index contributed by atoms with van der Waals surface area (Å²) in [5, 5.41) is 19.9. The zero-order valence-corrected chi connectivity index (χ0v) is 11.7. The fourth-order valence-electron chi connectivity index (χ4n) is 1.59. The van der Waals surface area contributed by atoms with Gasteiger partial charge in [0.25, 0.3) is 0 Å². The number of carboxylic acid groups (broad SMARTS) is 1. The van der Waals surface area contributed by atoms with Gasteiger partial charge in [-0.2, -0.15) is 0 Å². The third-order valence-electron chi connectivity index (χ3n) is 2.71. The van der Waals surface area contributed by atoms with Gasteiger partial charge in [-0.25, -0.2) is 4.79 Å². The van der Waals surface area contributed by atoms with Gasteiger partial charge < -0.3 is 25.0 Å². The lowest BCUT2D eigenvalue weighted by Gasteiger charge is -2.13. The fourth-order valence-corrected chi connectivity index (χ4v) is 1.59. The number of ether oxygens (including phenoxy) is 2. The van der Waals surface area contributed by atoms with E-state index in [-0.39, 0.29) is 26.1 Å². The van der Waals surface area contributed by atoms with Gasteiger partial charge in [0.15, 0.2) is 0 Å². The van der Waals surface area contributed by atoms with Crippen molar-refractivity contribution >= 4 is 11.9 Å². The van der Waals surface area contributed by atoms with Crippen LogP contribution in [0.1, 0.15) is 12.8 Å². The lowest BCUT2D eigenvalue weighted by atomic mass is 10.2. The maximum absolute atomic E-state index is 11.6. The van der Waals surface area contributed by atoms with E-state index in [2.05, 4.69) is 5.32 Å². The van der Waals surface area contributed by atoms with E-state index in [0.717, 1.165) is 0 Å². The second-order valence-corrected chi connectivity index (χ2v) is 4.24. The molecule has 0 aliphatic carbocycles. The molecule has 1 atom stereocenters. The van der Waals surface area contributed by atoms with Crippen LogP contribution in [-0.4, -0.2) is 48.5 Å². The lowest BCUT2D eigenvalue weighted by molar-refractivity contribution is -0.142. The van der Waals surface area contributed by atoms with Crippen LogP contribution in [0.5, 0.6) is 11.5 Å². The number of amides is 1. The van der Waals surface area contributed by atoms with E-state index in [9.17, 15) is 9.59 Å². The van der Waals surface area contributed by atoms with E-state index < -0.39 is 17.9 Å². The number of hydrogen-bond acceptors (Lipinski definition) is 5. The Kier molecular flexibility index (Phi) is 7.03. The Labute approximate surface area is 122 Å². The molecule has 1 rings (SSSR count). The number of carbonyl (C=O) groups is 2. The SMILES string of the molecule is COc1ccc(OCCC(=O)NC(CCO)C(=O)O)cc1. The van der Waals surface area contributed by atoms with E-state index in [4.69, 9.17) is 19.7 Å². The number of rotatable bonds is 9. The minimum atomic E-state index is -1.17. The molecule has 0 heterocycles. The van der Waals surface area contributed by atoms with Crippen LogP contribution in [0.3, 0.4) is 0 Å². The van der Waals surface area contributed by atoms with Gasteiger partial charge in [0.05, 0.1) is 20.1 Å². The monoisotopic (exact) mass is 297 g/mol. The van der Waals surface area contributed by atoms with Crippen LogP contribution >= 0.6 is 0 Å². The second kappa shape index (κ2) is 8.80. The number of carboxylic acids is 1. The molecule has 0 spiro atoms. The summed E-state index contributed by atoms with van der Waals surface area (Å²) in [6, 6.07) is 5.81. The van der Waals surface area contributed by atoms with Crippen molar-refractivity contribution in [3.05, 3.63) is 24.3 Å². The van der Waals surface area contributed by atoms with Crippen LogP contribution in [0.15, 0.2) is 24.3 Å². The van der Waals surface area contributed by atoms with Crippen LogP contribution in [0.2, 0.25) is 0 Å². The highest BCUT2D eigenvalue weighted by Gasteiger charge is 2.18. The highest BCUT2D eigenvalue weighted by Crippen LogP contribution is 2.16. The van der Waals surface area contributed by atoms with Gasteiger partial charge in [0.1, 0.15) is 17.5 Å². The average molecular weight is 297 g/mol. The molecule has 1 aromatic carbocycles. The Morgan fingerprint density at radius 3 is 2.38 bits per heavy atom. The predicted octanol–water partition coefficient (Wildman–Crippen LogP) is 0.416. The third kappa shape index (κ3) is 6.13. The highest BCUT2D eigenvalue weighted by molar-refractivity contribution is 5.83. The maximum atomic E-state index is 11.6. The molecule has 7 heteroatoms.